The number of aryl methyl sites for hydroxylation is 2. The lowest BCUT2D eigenvalue weighted by molar-refractivity contribution is -0.115. The minimum atomic E-state index is -0.0564. The second-order valence-corrected chi connectivity index (χ2v) is 5.99. The first-order valence-electron chi connectivity index (χ1n) is 7.02. The van der Waals surface area contributed by atoms with Crippen LogP contribution in [0.4, 0.5) is 11.4 Å². The molecule has 5 heteroatoms. The Morgan fingerprint density at radius 2 is 1.82 bits per heavy atom. The van der Waals surface area contributed by atoms with Crippen LogP contribution in [0.15, 0.2) is 36.4 Å². The molecule has 0 radical (unpaired) electrons. The van der Waals surface area contributed by atoms with Gasteiger partial charge in [-0.1, -0.05) is 29.3 Å². The van der Waals surface area contributed by atoms with Gasteiger partial charge in [0, 0.05) is 34.4 Å². The summed E-state index contributed by atoms with van der Waals surface area (Å²) < 4.78 is 0. The molecular weight excluding hydrogens is 319 g/mol. The van der Waals surface area contributed by atoms with Gasteiger partial charge in [-0.15, -0.1) is 0 Å². The van der Waals surface area contributed by atoms with E-state index in [1.807, 2.05) is 44.2 Å². The third-order valence-electron chi connectivity index (χ3n) is 3.31. The van der Waals surface area contributed by atoms with E-state index in [2.05, 4.69) is 10.6 Å². The van der Waals surface area contributed by atoms with Crippen molar-refractivity contribution in [2.24, 2.45) is 0 Å². The van der Waals surface area contributed by atoms with Gasteiger partial charge in [-0.05, 0) is 55.3 Å². The van der Waals surface area contributed by atoms with Crippen LogP contribution in [0, 0.1) is 13.8 Å². The predicted octanol–water partition coefficient (Wildman–Crippen LogP) is 5.05. The standard InChI is InChI=1S/C17H18Cl2N2O/c1-11-3-5-14(10-15(11)19)21-17(22)7-8-20-16-6-4-13(18)9-12(16)2/h3-6,9-10,20H,7-8H2,1-2H3,(H,21,22). The summed E-state index contributed by atoms with van der Waals surface area (Å²) in [6.07, 6.45) is 0.369. The van der Waals surface area contributed by atoms with Crippen LogP contribution >= 0.6 is 23.2 Å². The maximum atomic E-state index is 11.9. The van der Waals surface area contributed by atoms with Crippen molar-refractivity contribution in [3.8, 4) is 0 Å². The van der Waals surface area contributed by atoms with Crippen molar-refractivity contribution >= 4 is 40.5 Å². The minimum absolute atomic E-state index is 0.0564. The number of carbonyl (C=O) groups excluding carboxylic acids is 1. The number of benzene rings is 2. The first kappa shape index (κ1) is 16.7. The minimum Gasteiger partial charge on any atom is -0.384 e. The summed E-state index contributed by atoms with van der Waals surface area (Å²) in [5, 5.41) is 7.42. The van der Waals surface area contributed by atoms with Gasteiger partial charge in [0.1, 0.15) is 0 Å². The van der Waals surface area contributed by atoms with E-state index < -0.39 is 0 Å². The van der Waals surface area contributed by atoms with Crippen LogP contribution in [-0.2, 0) is 4.79 Å². The summed E-state index contributed by atoms with van der Waals surface area (Å²) in [5.41, 5.74) is 3.73. The fraction of sp³-hybridized carbons (Fsp3) is 0.235. The van der Waals surface area contributed by atoms with Crippen molar-refractivity contribution < 1.29 is 4.79 Å². The SMILES string of the molecule is Cc1ccc(NC(=O)CCNc2ccc(Cl)cc2C)cc1Cl. The van der Waals surface area contributed by atoms with E-state index in [0.717, 1.165) is 16.8 Å². The number of hydrogen-bond donors (Lipinski definition) is 2. The lowest BCUT2D eigenvalue weighted by Crippen LogP contribution is -2.16. The fourth-order valence-corrected chi connectivity index (χ4v) is 2.44. The number of anilines is 2. The third kappa shape index (κ3) is 4.65. The molecule has 0 atom stereocenters. The third-order valence-corrected chi connectivity index (χ3v) is 3.95. The lowest BCUT2D eigenvalue weighted by atomic mass is 10.2. The maximum absolute atomic E-state index is 11.9. The molecule has 116 valence electrons. The molecule has 0 saturated heterocycles. The summed E-state index contributed by atoms with van der Waals surface area (Å²) in [4.78, 5) is 11.9. The Kier molecular flexibility index (Phi) is 5.69. The Bertz CT molecular complexity index is 686. The number of nitrogens with one attached hydrogen (secondary N) is 2. The highest BCUT2D eigenvalue weighted by Gasteiger charge is 2.05. The molecule has 0 unspecified atom stereocenters. The van der Waals surface area contributed by atoms with Gasteiger partial charge in [-0.2, -0.15) is 0 Å². The number of carbonyl (C=O) groups is 1. The molecule has 2 aromatic rings. The van der Waals surface area contributed by atoms with Crippen LogP contribution in [0.2, 0.25) is 10.0 Å². The van der Waals surface area contributed by atoms with Crippen molar-refractivity contribution in [3.63, 3.8) is 0 Å². The lowest BCUT2D eigenvalue weighted by Gasteiger charge is -2.10. The molecule has 0 aliphatic carbocycles. The molecule has 0 aliphatic rings. The van der Waals surface area contributed by atoms with E-state index >= 15 is 0 Å². The summed E-state index contributed by atoms with van der Waals surface area (Å²) in [5.74, 6) is -0.0564. The monoisotopic (exact) mass is 336 g/mol. The maximum Gasteiger partial charge on any atom is 0.226 e. The zero-order chi connectivity index (χ0) is 16.1. The average Bonchev–Trinajstić information content (AvgIpc) is 2.45. The highest BCUT2D eigenvalue weighted by molar-refractivity contribution is 6.31. The normalized spacial score (nSPS) is 10.4. The smallest absolute Gasteiger partial charge is 0.226 e. The zero-order valence-electron chi connectivity index (χ0n) is 12.5. The zero-order valence-corrected chi connectivity index (χ0v) is 14.1. The molecule has 0 bridgehead atoms. The van der Waals surface area contributed by atoms with E-state index in [9.17, 15) is 4.79 Å². The Balaban J connectivity index is 1.83. The van der Waals surface area contributed by atoms with Crippen LogP contribution in [0.3, 0.4) is 0 Å². The van der Waals surface area contributed by atoms with Crippen LogP contribution in [0.5, 0.6) is 0 Å². The Labute approximate surface area is 140 Å². The number of halogens is 2. The summed E-state index contributed by atoms with van der Waals surface area (Å²) >= 11 is 12.0. The quantitative estimate of drug-likeness (QED) is 0.801. The Morgan fingerprint density at radius 1 is 1.05 bits per heavy atom. The molecule has 1 amide bonds. The van der Waals surface area contributed by atoms with Crippen molar-refractivity contribution in [3.05, 3.63) is 57.6 Å². The number of rotatable bonds is 5. The molecule has 0 spiro atoms. The van der Waals surface area contributed by atoms with E-state index in [1.54, 1.807) is 6.07 Å². The van der Waals surface area contributed by atoms with Gasteiger partial charge in [0.05, 0.1) is 0 Å². The summed E-state index contributed by atoms with van der Waals surface area (Å²) in [7, 11) is 0. The van der Waals surface area contributed by atoms with Crippen molar-refractivity contribution in [1.82, 2.24) is 0 Å². The second kappa shape index (κ2) is 7.52. The van der Waals surface area contributed by atoms with E-state index in [1.165, 1.54) is 0 Å². The predicted molar refractivity (Wildman–Crippen MR) is 94.1 cm³/mol. The second-order valence-electron chi connectivity index (χ2n) is 5.15. The summed E-state index contributed by atoms with van der Waals surface area (Å²) in [6, 6.07) is 11.1. The summed E-state index contributed by atoms with van der Waals surface area (Å²) in [6.45, 7) is 4.45. The molecule has 3 nitrogen and oxygen atoms in total. The molecule has 2 N–H and O–H groups in total. The van der Waals surface area contributed by atoms with Gasteiger partial charge in [0.15, 0.2) is 0 Å². The molecule has 0 saturated carbocycles. The highest BCUT2D eigenvalue weighted by atomic mass is 35.5. The number of amides is 1. The van der Waals surface area contributed by atoms with Crippen LogP contribution in [-0.4, -0.2) is 12.5 Å². The first-order chi connectivity index (χ1) is 10.5. The first-order valence-corrected chi connectivity index (χ1v) is 7.77. The van der Waals surface area contributed by atoms with E-state index in [0.29, 0.717) is 28.7 Å². The molecule has 0 aromatic heterocycles. The van der Waals surface area contributed by atoms with Gasteiger partial charge in [-0.25, -0.2) is 0 Å². The average molecular weight is 337 g/mol. The van der Waals surface area contributed by atoms with Crippen LogP contribution in [0.1, 0.15) is 17.5 Å². The Hall–Kier alpha value is -1.71. The molecule has 2 aromatic carbocycles. The van der Waals surface area contributed by atoms with Gasteiger partial charge >= 0.3 is 0 Å². The van der Waals surface area contributed by atoms with Crippen molar-refractivity contribution in [2.75, 3.05) is 17.2 Å². The topological polar surface area (TPSA) is 41.1 Å². The molecule has 2 rings (SSSR count). The molecule has 0 aliphatic heterocycles. The van der Waals surface area contributed by atoms with Crippen LogP contribution < -0.4 is 10.6 Å². The highest BCUT2D eigenvalue weighted by Crippen LogP contribution is 2.21. The van der Waals surface area contributed by atoms with Gasteiger partial charge in [0.25, 0.3) is 0 Å². The fourth-order valence-electron chi connectivity index (χ4n) is 2.03. The number of hydrogen-bond acceptors (Lipinski definition) is 2. The molecule has 0 heterocycles. The van der Waals surface area contributed by atoms with E-state index in [-0.39, 0.29) is 5.91 Å². The van der Waals surface area contributed by atoms with Crippen molar-refractivity contribution in [1.29, 1.82) is 0 Å². The Morgan fingerprint density at radius 3 is 2.50 bits per heavy atom. The molecule has 22 heavy (non-hydrogen) atoms. The van der Waals surface area contributed by atoms with Crippen molar-refractivity contribution in [2.45, 2.75) is 20.3 Å². The largest absolute Gasteiger partial charge is 0.384 e. The van der Waals surface area contributed by atoms with Crippen LogP contribution in [0.25, 0.3) is 0 Å². The van der Waals surface area contributed by atoms with E-state index in [4.69, 9.17) is 23.2 Å². The van der Waals surface area contributed by atoms with Gasteiger partial charge < -0.3 is 10.6 Å². The van der Waals surface area contributed by atoms with Gasteiger partial charge in [0.2, 0.25) is 5.91 Å². The molecule has 0 fully saturated rings. The van der Waals surface area contributed by atoms with Gasteiger partial charge in [-0.3, -0.25) is 4.79 Å². The molecular formula is C17H18Cl2N2O.